The van der Waals surface area contributed by atoms with Crippen LogP contribution in [0.5, 0.6) is 0 Å². The van der Waals surface area contributed by atoms with E-state index in [1.54, 1.807) is 0 Å². The fourth-order valence-corrected chi connectivity index (χ4v) is 3.73. The van der Waals surface area contributed by atoms with Crippen LogP contribution in [0.4, 0.5) is 0 Å². The lowest BCUT2D eigenvalue weighted by Gasteiger charge is -2.08. The van der Waals surface area contributed by atoms with E-state index in [0.29, 0.717) is 11.6 Å². The van der Waals surface area contributed by atoms with Crippen LogP contribution in [0.1, 0.15) is 11.1 Å². The van der Waals surface area contributed by atoms with Gasteiger partial charge in [-0.05, 0) is 63.5 Å². The summed E-state index contributed by atoms with van der Waals surface area (Å²) in [5.41, 5.74) is 2.05. The van der Waals surface area contributed by atoms with Gasteiger partial charge in [0.1, 0.15) is 0 Å². The average Bonchev–Trinajstić information content (AvgIpc) is 3.08. The zero-order valence-electron chi connectivity index (χ0n) is 14.7. The molecule has 0 saturated heterocycles. The van der Waals surface area contributed by atoms with Gasteiger partial charge in [0.25, 0.3) is 0 Å². The average molecular weight is 428 g/mol. The van der Waals surface area contributed by atoms with E-state index in [0.717, 1.165) is 37.1 Å². The number of esters is 1. The van der Waals surface area contributed by atoms with Gasteiger partial charge in [-0.2, -0.15) is 0 Å². The summed E-state index contributed by atoms with van der Waals surface area (Å²) in [4.78, 5) is 17.0. The summed E-state index contributed by atoms with van der Waals surface area (Å²) in [6.45, 7) is 0. The minimum absolute atomic E-state index is 0.305. The third-order valence-corrected chi connectivity index (χ3v) is 5.33. The monoisotopic (exact) mass is 427 g/mol. The molecule has 0 amide bonds. The topological polar surface area (TPSA) is 38.7 Å². The van der Waals surface area contributed by atoms with Gasteiger partial charge in [0, 0.05) is 10.0 Å². The molecule has 134 valence electrons. The molecule has 1 aliphatic rings. The van der Waals surface area contributed by atoms with Gasteiger partial charge in [-0.25, -0.2) is 9.79 Å². The first-order valence-corrected chi connectivity index (χ1v) is 9.67. The van der Waals surface area contributed by atoms with E-state index in [-0.39, 0.29) is 0 Å². The molecule has 1 aliphatic heterocycles. The van der Waals surface area contributed by atoms with Crippen LogP contribution in [0.25, 0.3) is 27.6 Å². The van der Waals surface area contributed by atoms with Crippen LogP contribution < -0.4 is 0 Å². The largest absolute Gasteiger partial charge is 0.402 e. The van der Waals surface area contributed by atoms with Crippen molar-refractivity contribution in [3.8, 4) is 0 Å². The summed E-state index contributed by atoms with van der Waals surface area (Å²) in [5, 5.41) is 4.40. The van der Waals surface area contributed by atoms with Crippen molar-refractivity contribution in [2.75, 3.05) is 0 Å². The van der Waals surface area contributed by atoms with Gasteiger partial charge in [0.05, 0.1) is 0 Å². The van der Waals surface area contributed by atoms with Crippen molar-refractivity contribution < 1.29 is 9.53 Å². The quantitative estimate of drug-likeness (QED) is 0.220. The summed E-state index contributed by atoms with van der Waals surface area (Å²) in [7, 11) is 0. The standard InChI is InChI=1S/C24H14BrNO2/c25-18-11-9-15(10-12-18)23-26-22(24(27)28-23)14-21-19-7-3-1-5-16(19)13-17-6-2-4-8-20(17)21/h1-14H/b22-14+. The number of halogens is 1. The van der Waals surface area contributed by atoms with E-state index in [9.17, 15) is 4.79 Å². The molecule has 4 aromatic carbocycles. The van der Waals surface area contributed by atoms with Crippen LogP contribution in [0.2, 0.25) is 0 Å². The van der Waals surface area contributed by atoms with Gasteiger partial charge in [-0.1, -0.05) is 64.5 Å². The van der Waals surface area contributed by atoms with Gasteiger partial charge in [-0.3, -0.25) is 0 Å². The molecule has 0 aromatic heterocycles. The number of carbonyl (C=O) groups is 1. The van der Waals surface area contributed by atoms with Crippen molar-refractivity contribution in [3.63, 3.8) is 0 Å². The number of hydrogen-bond donors (Lipinski definition) is 0. The second-order valence-corrected chi connectivity index (χ2v) is 7.49. The molecule has 0 saturated carbocycles. The molecule has 0 radical (unpaired) electrons. The molecule has 0 spiro atoms. The van der Waals surface area contributed by atoms with Crippen LogP contribution in [0, 0.1) is 0 Å². The van der Waals surface area contributed by atoms with Crippen molar-refractivity contribution in [2.24, 2.45) is 4.99 Å². The highest BCUT2D eigenvalue weighted by molar-refractivity contribution is 9.10. The van der Waals surface area contributed by atoms with E-state index < -0.39 is 5.97 Å². The van der Waals surface area contributed by atoms with Crippen molar-refractivity contribution in [3.05, 3.63) is 100 Å². The Bertz CT molecular complexity index is 1250. The Morgan fingerprint density at radius 2 is 1.43 bits per heavy atom. The minimum Gasteiger partial charge on any atom is -0.402 e. The number of hydrogen-bond acceptors (Lipinski definition) is 3. The van der Waals surface area contributed by atoms with Gasteiger partial charge in [0.2, 0.25) is 5.90 Å². The third-order valence-electron chi connectivity index (χ3n) is 4.81. The van der Waals surface area contributed by atoms with Gasteiger partial charge >= 0.3 is 5.97 Å². The molecule has 0 atom stereocenters. The van der Waals surface area contributed by atoms with E-state index >= 15 is 0 Å². The van der Waals surface area contributed by atoms with E-state index in [2.05, 4.69) is 51.3 Å². The highest BCUT2D eigenvalue weighted by atomic mass is 79.9. The van der Waals surface area contributed by atoms with Crippen LogP contribution >= 0.6 is 15.9 Å². The van der Waals surface area contributed by atoms with Crippen molar-refractivity contribution in [1.29, 1.82) is 0 Å². The lowest BCUT2D eigenvalue weighted by atomic mass is 9.96. The fraction of sp³-hybridized carbons (Fsp3) is 0. The Kier molecular flexibility index (Phi) is 4.06. The number of rotatable bonds is 2. The molecule has 1 heterocycles. The first-order valence-electron chi connectivity index (χ1n) is 8.88. The maximum atomic E-state index is 12.5. The summed E-state index contributed by atoms with van der Waals surface area (Å²) < 4.78 is 6.38. The van der Waals surface area contributed by atoms with Gasteiger partial charge < -0.3 is 4.74 Å². The molecule has 4 aromatic rings. The Labute approximate surface area is 170 Å². The summed E-state index contributed by atoms with van der Waals surface area (Å²) in [6.07, 6.45) is 1.83. The van der Waals surface area contributed by atoms with Crippen molar-refractivity contribution >= 4 is 55.4 Å². The zero-order chi connectivity index (χ0) is 19.1. The second kappa shape index (κ2) is 6.73. The van der Waals surface area contributed by atoms with Crippen molar-refractivity contribution in [1.82, 2.24) is 0 Å². The maximum Gasteiger partial charge on any atom is 0.363 e. The Hall–Kier alpha value is -3.24. The molecule has 3 nitrogen and oxygen atoms in total. The molecule has 5 rings (SSSR count). The Morgan fingerprint density at radius 1 is 0.821 bits per heavy atom. The Balaban J connectivity index is 1.70. The van der Waals surface area contributed by atoms with Crippen LogP contribution in [-0.4, -0.2) is 11.9 Å². The number of cyclic esters (lactones) is 1. The highest BCUT2D eigenvalue weighted by Gasteiger charge is 2.24. The predicted octanol–water partition coefficient (Wildman–Crippen LogP) is 6.10. The molecule has 0 N–H and O–H groups in total. The van der Waals surface area contributed by atoms with Gasteiger partial charge in [-0.15, -0.1) is 0 Å². The highest BCUT2D eigenvalue weighted by Crippen LogP contribution is 2.31. The SMILES string of the molecule is O=C1OC(c2ccc(Br)cc2)=N/C1=C/c1c2ccccc2cc2ccccc12. The lowest BCUT2D eigenvalue weighted by Crippen LogP contribution is -2.05. The summed E-state index contributed by atoms with van der Waals surface area (Å²) in [6, 6.07) is 26.0. The molecule has 0 aliphatic carbocycles. The van der Waals surface area contributed by atoms with Crippen LogP contribution in [0.3, 0.4) is 0 Å². The number of aliphatic imine (C=N–C) groups is 1. The third kappa shape index (κ3) is 2.92. The molecular weight excluding hydrogens is 414 g/mol. The maximum absolute atomic E-state index is 12.5. The van der Waals surface area contributed by atoms with Crippen LogP contribution in [-0.2, 0) is 9.53 Å². The number of benzene rings is 4. The first kappa shape index (κ1) is 16.9. The predicted molar refractivity (Wildman–Crippen MR) is 116 cm³/mol. The minimum atomic E-state index is -0.435. The number of fused-ring (bicyclic) bond motifs is 2. The summed E-state index contributed by atoms with van der Waals surface area (Å²) >= 11 is 3.41. The molecular formula is C24H14BrNO2. The normalized spacial score (nSPS) is 15.2. The zero-order valence-corrected chi connectivity index (χ0v) is 16.3. The molecule has 0 bridgehead atoms. The molecule has 0 unspecified atom stereocenters. The Morgan fingerprint density at radius 3 is 2.07 bits per heavy atom. The lowest BCUT2D eigenvalue weighted by molar-refractivity contribution is -0.129. The van der Waals surface area contributed by atoms with Crippen molar-refractivity contribution in [2.45, 2.75) is 0 Å². The smallest absolute Gasteiger partial charge is 0.363 e. The molecule has 28 heavy (non-hydrogen) atoms. The summed E-state index contributed by atoms with van der Waals surface area (Å²) in [5.74, 6) is -0.108. The number of carbonyl (C=O) groups excluding carboxylic acids is 1. The fourth-order valence-electron chi connectivity index (χ4n) is 3.47. The van der Waals surface area contributed by atoms with Gasteiger partial charge in [0.15, 0.2) is 5.70 Å². The van der Waals surface area contributed by atoms with E-state index in [1.807, 2.05) is 54.6 Å². The number of nitrogens with zero attached hydrogens (tertiary/aromatic N) is 1. The van der Waals surface area contributed by atoms with Crippen LogP contribution in [0.15, 0.2) is 94.0 Å². The molecule has 0 fully saturated rings. The number of ether oxygens (including phenoxy) is 1. The van der Waals surface area contributed by atoms with E-state index in [4.69, 9.17) is 4.74 Å². The molecule has 4 heteroatoms. The second-order valence-electron chi connectivity index (χ2n) is 6.58. The first-order chi connectivity index (χ1) is 13.7. The van der Waals surface area contributed by atoms with E-state index in [1.165, 1.54) is 0 Å².